The molecular weight excluding hydrogens is 454 g/mol. The van der Waals surface area contributed by atoms with E-state index in [-0.39, 0.29) is 25.1 Å². The molecule has 0 bridgehead atoms. The normalized spacial score (nSPS) is 12.8. The molecule has 3 amide bonds. The van der Waals surface area contributed by atoms with Crippen LogP contribution in [0.2, 0.25) is 0 Å². The highest BCUT2D eigenvalue weighted by Gasteiger charge is 2.22. The van der Waals surface area contributed by atoms with Crippen molar-refractivity contribution in [2.45, 2.75) is 64.0 Å². The first-order chi connectivity index (χ1) is 16.7. The maximum Gasteiger partial charge on any atom is 0.404 e. The molecule has 192 valence electrons. The lowest BCUT2D eigenvalue weighted by Gasteiger charge is -2.22. The molecule has 1 aromatic rings. The maximum atomic E-state index is 13.1. The van der Waals surface area contributed by atoms with Crippen molar-refractivity contribution in [2.24, 2.45) is 0 Å². The fourth-order valence-corrected chi connectivity index (χ4v) is 3.21. The number of allylic oxidation sites excluding steroid dienone is 1. The number of aliphatic carboxylic acids is 1. The minimum atomic E-state index is -1.19. The standard InChI is InChI=1S/C25H35N3O7/c1-2-3-4-5-6-9-22(30)28-21(17-18-10-13-20(29)14-11-18)24(33)27-19(12-15-23(31)32)8-7-16-26-25(34)35/h6,9-15,19,21,26,29H,2-5,7-8,16-17H2,1H3,(H,27,33)(H,28,30)(H,31,32)(H,34,35)/b9-6+,15-12+/t19-,21-/m0/s1. The first-order valence-corrected chi connectivity index (χ1v) is 11.6. The fraction of sp³-hybridized carbons (Fsp3) is 0.440. The highest BCUT2D eigenvalue weighted by molar-refractivity contribution is 5.93. The Kier molecular flexibility index (Phi) is 14.0. The molecular formula is C25H35N3O7. The number of rotatable bonds is 16. The second-order valence-electron chi connectivity index (χ2n) is 8.02. The summed E-state index contributed by atoms with van der Waals surface area (Å²) in [5, 5.41) is 34.8. The molecule has 6 N–H and O–H groups in total. The minimum Gasteiger partial charge on any atom is -0.508 e. The molecule has 10 nitrogen and oxygen atoms in total. The summed E-state index contributed by atoms with van der Waals surface area (Å²) in [6.45, 7) is 2.23. The van der Waals surface area contributed by atoms with Gasteiger partial charge in [-0.25, -0.2) is 9.59 Å². The number of phenolic OH excluding ortho intramolecular Hbond substituents is 1. The van der Waals surface area contributed by atoms with Crippen LogP contribution in [0, 0.1) is 0 Å². The monoisotopic (exact) mass is 489 g/mol. The second kappa shape index (κ2) is 16.7. The number of amides is 3. The highest BCUT2D eigenvalue weighted by atomic mass is 16.4. The Morgan fingerprint density at radius 1 is 0.971 bits per heavy atom. The van der Waals surface area contributed by atoms with Crippen LogP contribution in [0.1, 0.15) is 51.0 Å². The van der Waals surface area contributed by atoms with Crippen LogP contribution >= 0.6 is 0 Å². The Morgan fingerprint density at radius 2 is 1.69 bits per heavy atom. The number of nitrogens with one attached hydrogen (secondary N) is 3. The average Bonchev–Trinajstić information content (AvgIpc) is 2.80. The van der Waals surface area contributed by atoms with E-state index in [0.717, 1.165) is 31.8 Å². The van der Waals surface area contributed by atoms with Crippen LogP contribution in [-0.2, 0) is 20.8 Å². The molecule has 2 atom stereocenters. The van der Waals surface area contributed by atoms with Crippen LogP contribution < -0.4 is 16.0 Å². The van der Waals surface area contributed by atoms with Gasteiger partial charge >= 0.3 is 12.1 Å². The van der Waals surface area contributed by atoms with E-state index in [1.165, 1.54) is 24.3 Å². The van der Waals surface area contributed by atoms with Gasteiger partial charge in [-0.05, 0) is 49.5 Å². The van der Waals surface area contributed by atoms with Crippen LogP contribution in [0.5, 0.6) is 5.75 Å². The maximum absolute atomic E-state index is 13.1. The lowest BCUT2D eigenvalue weighted by molar-refractivity contribution is -0.131. The number of unbranched alkanes of at least 4 members (excludes halogenated alkanes) is 3. The molecule has 0 radical (unpaired) electrons. The van der Waals surface area contributed by atoms with Crippen molar-refractivity contribution >= 4 is 23.9 Å². The zero-order chi connectivity index (χ0) is 26.1. The van der Waals surface area contributed by atoms with Crippen molar-refractivity contribution in [2.75, 3.05) is 6.54 Å². The molecule has 35 heavy (non-hydrogen) atoms. The summed E-state index contributed by atoms with van der Waals surface area (Å²) < 4.78 is 0. The lowest BCUT2D eigenvalue weighted by Crippen LogP contribution is -2.50. The summed E-state index contributed by atoms with van der Waals surface area (Å²) in [5.74, 6) is -2.06. The van der Waals surface area contributed by atoms with Gasteiger partial charge in [0.2, 0.25) is 11.8 Å². The predicted molar refractivity (Wildman–Crippen MR) is 131 cm³/mol. The predicted octanol–water partition coefficient (Wildman–Crippen LogP) is 2.73. The van der Waals surface area contributed by atoms with Crippen molar-refractivity contribution in [3.63, 3.8) is 0 Å². The van der Waals surface area contributed by atoms with Gasteiger partial charge in [0, 0.05) is 25.1 Å². The zero-order valence-corrected chi connectivity index (χ0v) is 19.9. The number of carbonyl (C=O) groups is 4. The second-order valence-corrected chi connectivity index (χ2v) is 8.02. The van der Waals surface area contributed by atoms with E-state index < -0.39 is 36.0 Å². The van der Waals surface area contributed by atoms with Crippen molar-refractivity contribution in [1.82, 2.24) is 16.0 Å². The zero-order valence-electron chi connectivity index (χ0n) is 19.9. The van der Waals surface area contributed by atoms with Crippen molar-refractivity contribution in [1.29, 1.82) is 0 Å². The molecule has 0 aliphatic carbocycles. The lowest BCUT2D eigenvalue weighted by atomic mass is 10.0. The number of benzene rings is 1. The molecule has 0 heterocycles. The van der Waals surface area contributed by atoms with Crippen LogP contribution in [0.4, 0.5) is 4.79 Å². The third kappa shape index (κ3) is 14.1. The number of carboxylic acids is 1. The number of hydrogen-bond acceptors (Lipinski definition) is 5. The molecule has 0 unspecified atom stereocenters. The van der Waals surface area contributed by atoms with Gasteiger partial charge in [0.1, 0.15) is 11.8 Å². The Balaban J connectivity index is 2.91. The Hall–Kier alpha value is -3.82. The molecule has 1 rings (SSSR count). The van der Waals surface area contributed by atoms with Gasteiger partial charge in [0.25, 0.3) is 0 Å². The van der Waals surface area contributed by atoms with E-state index in [2.05, 4.69) is 22.9 Å². The van der Waals surface area contributed by atoms with E-state index in [1.54, 1.807) is 18.2 Å². The molecule has 0 aromatic heterocycles. The molecule has 1 aromatic carbocycles. The smallest absolute Gasteiger partial charge is 0.404 e. The molecule has 10 heteroatoms. The fourth-order valence-electron chi connectivity index (χ4n) is 3.21. The number of hydrogen-bond donors (Lipinski definition) is 6. The number of carbonyl (C=O) groups excluding carboxylic acids is 2. The first kappa shape index (κ1) is 29.2. The van der Waals surface area contributed by atoms with Gasteiger partial charge in [0.05, 0.1) is 0 Å². The van der Waals surface area contributed by atoms with Gasteiger partial charge in [-0.1, -0.05) is 44.1 Å². The average molecular weight is 490 g/mol. The molecule has 0 aliphatic heterocycles. The van der Waals surface area contributed by atoms with Crippen LogP contribution in [0.15, 0.2) is 48.6 Å². The Labute approximate surface area is 205 Å². The summed E-state index contributed by atoms with van der Waals surface area (Å²) in [6, 6.07) is 4.60. The summed E-state index contributed by atoms with van der Waals surface area (Å²) in [6.07, 6.45) is 8.84. The summed E-state index contributed by atoms with van der Waals surface area (Å²) in [4.78, 5) is 47.1. The largest absolute Gasteiger partial charge is 0.508 e. The van der Waals surface area contributed by atoms with Crippen molar-refractivity contribution < 1.29 is 34.5 Å². The minimum absolute atomic E-state index is 0.0719. The SMILES string of the molecule is CCCCC/C=C/C(=O)N[C@@H](Cc1ccc(O)cc1)C(=O)N[C@H](/C=C/C(=O)O)CCCNC(=O)O. The quantitative estimate of drug-likeness (QED) is 0.153. The Morgan fingerprint density at radius 3 is 2.31 bits per heavy atom. The summed E-state index contributed by atoms with van der Waals surface area (Å²) >= 11 is 0. The molecule has 0 saturated heterocycles. The number of aromatic hydroxyl groups is 1. The van der Waals surface area contributed by atoms with Crippen LogP contribution in [0.3, 0.4) is 0 Å². The molecule has 0 saturated carbocycles. The highest BCUT2D eigenvalue weighted by Crippen LogP contribution is 2.12. The van der Waals surface area contributed by atoms with Crippen molar-refractivity contribution in [3.8, 4) is 5.75 Å². The van der Waals surface area contributed by atoms with Gasteiger partial charge in [-0.2, -0.15) is 0 Å². The van der Waals surface area contributed by atoms with Crippen LogP contribution in [-0.4, -0.2) is 57.8 Å². The third-order valence-corrected chi connectivity index (χ3v) is 5.02. The van der Waals surface area contributed by atoms with Gasteiger partial charge in [0.15, 0.2) is 0 Å². The molecule has 0 fully saturated rings. The van der Waals surface area contributed by atoms with Crippen LogP contribution in [0.25, 0.3) is 0 Å². The third-order valence-electron chi connectivity index (χ3n) is 5.02. The molecule has 0 aliphatic rings. The van der Waals surface area contributed by atoms with Gasteiger partial charge in [-0.3, -0.25) is 9.59 Å². The Bertz CT molecular complexity index is 882. The van der Waals surface area contributed by atoms with E-state index in [9.17, 15) is 24.3 Å². The van der Waals surface area contributed by atoms with E-state index in [0.29, 0.717) is 12.0 Å². The first-order valence-electron chi connectivity index (χ1n) is 11.6. The van der Waals surface area contributed by atoms with E-state index in [1.807, 2.05) is 0 Å². The summed E-state index contributed by atoms with van der Waals surface area (Å²) in [5.41, 5.74) is 0.707. The number of phenols is 1. The topological polar surface area (TPSA) is 165 Å². The van der Waals surface area contributed by atoms with Gasteiger partial charge < -0.3 is 31.3 Å². The van der Waals surface area contributed by atoms with E-state index >= 15 is 0 Å². The van der Waals surface area contributed by atoms with Crippen molar-refractivity contribution in [3.05, 3.63) is 54.1 Å². The summed E-state index contributed by atoms with van der Waals surface area (Å²) in [7, 11) is 0. The van der Waals surface area contributed by atoms with E-state index in [4.69, 9.17) is 10.2 Å². The molecule has 0 spiro atoms. The van der Waals surface area contributed by atoms with Gasteiger partial charge in [-0.15, -0.1) is 0 Å². The number of carboxylic acid groups (broad SMARTS) is 2.